The van der Waals surface area contributed by atoms with Crippen LogP contribution < -0.4 is 0 Å². The predicted octanol–water partition coefficient (Wildman–Crippen LogP) is 5.50. The van der Waals surface area contributed by atoms with E-state index >= 15 is 0 Å². The van der Waals surface area contributed by atoms with E-state index in [4.69, 9.17) is 4.74 Å². The highest BCUT2D eigenvalue weighted by Crippen LogP contribution is 2.12. The summed E-state index contributed by atoms with van der Waals surface area (Å²) in [5.41, 5.74) is 0. The van der Waals surface area contributed by atoms with Crippen LogP contribution in [0.3, 0.4) is 0 Å². The normalized spacial score (nSPS) is 12.4. The van der Waals surface area contributed by atoms with Crippen LogP contribution in [0.4, 0.5) is 0 Å². The summed E-state index contributed by atoms with van der Waals surface area (Å²) >= 11 is 0. The first-order valence-corrected chi connectivity index (χ1v) is 8.36. The lowest BCUT2D eigenvalue weighted by Crippen LogP contribution is -2.11. The summed E-state index contributed by atoms with van der Waals surface area (Å²) in [4.78, 5) is 11.5. The standard InChI is InChI=1S/C17H34O2/c1-4-6-8-10-12-14-17(18)19-15-16(3)13-11-9-7-5-2/h16H,4-15H2,1-3H3. The molecule has 2 nitrogen and oxygen atoms in total. The van der Waals surface area contributed by atoms with Gasteiger partial charge < -0.3 is 4.74 Å². The maximum Gasteiger partial charge on any atom is 0.305 e. The summed E-state index contributed by atoms with van der Waals surface area (Å²) < 4.78 is 5.33. The molecule has 19 heavy (non-hydrogen) atoms. The van der Waals surface area contributed by atoms with E-state index in [2.05, 4.69) is 20.8 Å². The van der Waals surface area contributed by atoms with Gasteiger partial charge in [0.05, 0.1) is 6.61 Å². The lowest BCUT2D eigenvalue weighted by atomic mass is 10.0. The van der Waals surface area contributed by atoms with Crippen molar-refractivity contribution in [3.63, 3.8) is 0 Å². The topological polar surface area (TPSA) is 26.3 Å². The summed E-state index contributed by atoms with van der Waals surface area (Å²) in [7, 11) is 0. The maximum absolute atomic E-state index is 11.5. The molecule has 0 aliphatic rings. The molecule has 0 bridgehead atoms. The third-order valence-corrected chi connectivity index (χ3v) is 3.56. The van der Waals surface area contributed by atoms with Crippen LogP contribution in [0.1, 0.15) is 91.4 Å². The number of hydrogen-bond acceptors (Lipinski definition) is 2. The number of ether oxygens (including phenoxy) is 1. The van der Waals surface area contributed by atoms with Crippen LogP contribution in [0.15, 0.2) is 0 Å². The summed E-state index contributed by atoms with van der Waals surface area (Å²) in [6.45, 7) is 7.22. The molecule has 0 rings (SSSR count). The van der Waals surface area contributed by atoms with Gasteiger partial charge in [0.25, 0.3) is 0 Å². The molecule has 0 aromatic rings. The smallest absolute Gasteiger partial charge is 0.305 e. The van der Waals surface area contributed by atoms with E-state index in [-0.39, 0.29) is 5.97 Å². The minimum absolute atomic E-state index is 0.00286. The molecule has 0 saturated heterocycles. The van der Waals surface area contributed by atoms with Gasteiger partial charge in [-0.3, -0.25) is 4.79 Å². The average molecular weight is 270 g/mol. The van der Waals surface area contributed by atoms with Crippen LogP contribution in [0.5, 0.6) is 0 Å². The molecule has 0 saturated carbocycles. The van der Waals surface area contributed by atoms with E-state index in [1.165, 1.54) is 51.4 Å². The van der Waals surface area contributed by atoms with Crippen molar-refractivity contribution in [3.8, 4) is 0 Å². The maximum atomic E-state index is 11.5. The summed E-state index contributed by atoms with van der Waals surface area (Å²) in [5, 5.41) is 0. The van der Waals surface area contributed by atoms with Crippen molar-refractivity contribution in [2.24, 2.45) is 5.92 Å². The van der Waals surface area contributed by atoms with Gasteiger partial charge in [-0.15, -0.1) is 0 Å². The Kier molecular flexibility index (Phi) is 13.5. The molecule has 0 aromatic heterocycles. The molecule has 0 heterocycles. The van der Waals surface area contributed by atoms with Gasteiger partial charge in [-0.25, -0.2) is 0 Å². The van der Waals surface area contributed by atoms with Gasteiger partial charge in [0, 0.05) is 6.42 Å². The molecule has 2 heteroatoms. The molecule has 0 fully saturated rings. The quantitative estimate of drug-likeness (QED) is 0.326. The Morgan fingerprint density at radius 3 is 2.11 bits per heavy atom. The number of hydrogen-bond donors (Lipinski definition) is 0. The van der Waals surface area contributed by atoms with Crippen LogP contribution in [0.2, 0.25) is 0 Å². The second-order valence-electron chi connectivity index (χ2n) is 5.80. The van der Waals surface area contributed by atoms with Crippen molar-refractivity contribution in [2.45, 2.75) is 91.4 Å². The van der Waals surface area contributed by atoms with Gasteiger partial charge in [-0.1, -0.05) is 72.1 Å². The Morgan fingerprint density at radius 1 is 0.895 bits per heavy atom. The molecule has 0 spiro atoms. The van der Waals surface area contributed by atoms with E-state index in [1.807, 2.05) is 0 Å². The summed E-state index contributed by atoms with van der Waals surface area (Å²) in [6.07, 6.45) is 12.9. The minimum atomic E-state index is -0.00286. The minimum Gasteiger partial charge on any atom is -0.465 e. The Balaban J connectivity index is 3.35. The van der Waals surface area contributed by atoms with Crippen molar-refractivity contribution in [1.82, 2.24) is 0 Å². The zero-order chi connectivity index (χ0) is 14.3. The Bertz CT molecular complexity index is 201. The van der Waals surface area contributed by atoms with Crippen LogP contribution in [0.25, 0.3) is 0 Å². The van der Waals surface area contributed by atoms with Gasteiger partial charge in [-0.05, 0) is 18.8 Å². The van der Waals surface area contributed by atoms with Crippen LogP contribution in [-0.4, -0.2) is 12.6 Å². The van der Waals surface area contributed by atoms with E-state index in [0.717, 1.165) is 12.8 Å². The highest BCUT2D eigenvalue weighted by molar-refractivity contribution is 5.69. The molecule has 1 unspecified atom stereocenters. The highest BCUT2D eigenvalue weighted by Gasteiger charge is 2.07. The molecular formula is C17H34O2. The van der Waals surface area contributed by atoms with Crippen molar-refractivity contribution in [1.29, 1.82) is 0 Å². The third-order valence-electron chi connectivity index (χ3n) is 3.56. The molecular weight excluding hydrogens is 236 g/mol. The first kappa shape index (κ1) is 18.5. The fourth-order valence-electron chi connectivity index (χ4n) is 2.18. The van der Waals surface area contributed by atoms with Crippen molar-refractivity contribution in [2.75, 3.05) is 6.61 Å². The molecule has 0 aliphatic carbocycles. The summed E-state index contributed by atoms with van der Waals surface area (Å²) in [6, 6.07) is 0. The molecule has 0 aromatic carbocycles. The van der Waals surface area contributed by atoms with Gasteiger partial charge in [0.2, 0.25) is 0 Å². The van der Waals surface area contributed by atoms with E-state index < -0.39 is 0 Å². The third kappa shape index (κ3) is 13.7. The SMILES string of the molecule is CCCCCCCC(=O)OCC(C)CCCCCC. The van der Waals surface area contributed by atoms with Gasteiger partial charge in [0.1, 0.15) is 0 Å². The largest absolute Gasteiger partial charge is 0.465 e. The molecule has 0 radical (unpaired) electrons. The number of carbonyl (C=O) groups is 1. The Labute approximate surface area is 120 Å². The Hall–Kier alpha value is -0.530. The number of unbranched alkanes of at least 4 members (excludes halogenated alkanes) is 7. The van der Waals surface area contributed by atoms with Gasteiger partial charge >= 0.3 is 5.97 Å². The van der Waals surface area contributed by atoms with Crippen LogP contribution >= 0.6 is 0 Å². The van der Waals surface area contributed by atoms with Gasteiger partial charge in [-0.2, -0.15) is 0 Å². The second kappa shape index (κ2) is 13.9. The zero-order valence-electron chi connectivity index (χ0n) is 13.4. The zero-order valence-corrected chi connectivity index (χ0v) is 13.4. The lowest BCUT2D eigenvalue weighted by Gasteiger charge is -2.11. The van der Waals surface area contributed by atoms with E-state index in [9.17, 15) is 4.79 Å². The molecule has 114 valence electrons. The van der Waals surface area contributed by atoms with Crippen molar-refractivity contribution >= 4 is 5.97 Å². The fourth-order valence-corrected chi connectivity index (χ4v) is 2.18. The van der Waals surface area contributed by atoms with Crippen LogP contribution in [-0.2, 0) is 9.53 Å². The first-order valence-electron chi connectivity index (χ1n) is 8.36. The molecule has 1 atom stereocenters. The molecule has 0 amide bonds. The predicted molar refractivity (Wildman–Crippen MR) is 82.3 cm³/mol. The number of rotatable bonds is 13. The van der Waals surface area contributed by atoms with Gasteiger partial charge in [0.15, 0.2) is 0 Å². The second-order valence-corrected chi connectivity index (χ2v) is 5.80. The highest BCUT2D eigenvalue weighted by atomic mass is 16.5. The van der Waals surface area contributed by atoms with Crippen molar-refractivity contribution < 1.29 is 9.53 Å². The van der Waals surface area contributed by atoms with E-state index in [0.29, 0.717) is 18.9 Å². The van der Waals surface area contributed by atoms with Crippen LogP contribution in [0, 0.1) is 5.92 Å². The van der Waals surface area contributed by atoms with E-state index in [1.54, 1.807) is 0 Å². The lowest BCUT2D eigenvalue weighted by molar-refractivity contribution is -0.145. The average Bonchev–Trinajstić information content (AvgIpc) is 2.41. The Morgan fingerprint density at radius 2 is 1.47 bits per heavy atom. The fraction of sp³-hybridized carbons (Fsp3) is 0.941. The summed E-state index contributed by atoms with van der Waals surface area (Å²) in [5.74, 6) is 0.512. The molecule has 0 aliphatic heterocycles. The first-order chi connectivity index (χ1) is 9.20. The monoisotopic (exact) mass is 270 g/mol. The van der Waals surface area contributed by atoms with Crippen molar-refractivity contribution in [3.05, 3.63) is 0 Å². The number of carbonyl (C=O) groups excluding carboxylic acids is 1. The molecule has 0 N–H and O–H groups in total. The number of esters is 1.